The lowest BCUT2D eigenvalue weighted by molar-refractivity contribution is 0.414. The summed E-state index contributed by atoms with van der Waals surface area (Å²) >= 11 is 0. The summed E-state index contributed by atoms with van der Waals surface area (Å²) in [5.74, 6) is 0.954. The molecule has 2 rings (SSSR count). The Labute approximate surface area is 103 Å². The van der Waals surface area contributed by atoms with Crippen LogP contribution in [0.5, 0.6) is 0 Å². The predicted octanol–water partition coefficient (Wildman–Crippen LogP) is 1.98. The van der Waals surface area contributed by atoms with Crippen molar-refractivity contribution < 1.29 is 0 Å². The Kier molecular flexibility index (Phi) is 4.74. The largest absolute Gasteiger partial charge is 0.368 e. The van der Waals surface area contributed by atoms with Crippen LogP contribution in [0.2, 0.25) is 0 Å². The fraction of sp³-hybridized carbons (Fsp3) is 0.692. The van der Waals surface area contributed by atoms with Crippen molar-refractivity contribution in [1.82, 2.24) is 15.3 Å². The van der Waals surface area contributed by atoms with Crippen LogP contribution in [0.1, 0.15) is 38.3 Å². The van der Waals surface area contributed by atoms with Crippen molar-refractivity contribution in [2.24, 2.45) is 0 Å². The molecule has 1 aliphatic heterocycles. The van der Waals surface area contributed by atoms with Crippen LogP contribution in [0.15, 0.2) is 12.4 Å². The second kappa shape index (κ2) is 6.55. The van der Waals surface area contributed by atoms with E-state index in [9.17, 15) is 0 Å². The zero-order valence-corrected chi connectivity index (χ0v) is 10.6. The van der Waals surface area contributed by atoms with Crippen molar-refractivity contribution in [3.63, 3.8) is 0 Å². The predicted molar refractivity (Wildman–Crippen MR) is 70.2 cm³/mol. The monoisotopic (exact) mass is 234 g/mol. The highest BCUT2D eigenvalue weighted by atomic mass is 15.0. The Bertz CT molecular complexity index is 334. The van der Waals surface area contributed by atoms with Crippen LogP contribution < -0.4 is 10.6 Å². The average Bonchev–Trinajstić information content (AvgIpc) is 2.39. The highest BCUT2D eigenvalue weighted by Gasteiger charge is 2.11. The van der Waals surface area contributed by atoms with Crippen LogP contribution in [0.3, 0.4) is 0 Å². The molecule has 1 aromatic rings. The lowest BCUT2D eigenvalue weighted by atomic mass is 10.1. The number of piperidine rings is 1. The highest BCUT2D eigenvalue weighted by molar-refractivity contribution is 5.35. The van der Waals surface area contributed by atoms with Crippen LogP contribution in [0.4, 0.5) is 5.82 Å². The summed E-state index contributed by atoms with van der Waals surface area (Å²) in [5.41, 5.74) is 1.13. The van der Waals surface area contributed by atoms with Crippen LogP contribution in [0, 0.1) is 0 Å². The molecule has 4 heteroatoms. The minimum atomic E-state index is 0.591. The zero-order chi connectivity index (χ0) is 11.9. The van der Waals surface area contributed by atoms with Gasteiger partial charge in [-0.15, -0.1) is 0 Å². The van der Waals surface area contributed by atoms with Crippen molar-refractivity contribution in [2.45, 2.75) is 45.1 Å². The van der Waals surface area contributed by atoms with Gasteiger partial charge in [0.1, 0.15) is 12.1 Å². The van der Waals surface area contributed by atoms with Crippen LogP contribution in [-0.2, 0) is 6.42 Å². The van der Waals surface area contributed by atoms with Crippen LogP contribution >= 0.6 is 0 Å². The van der Waals surface area contributed by atoms with Gasteiger partial charge >= 0.3 is 0 Å². The normalized spacial score (nSPS) is 20.2. The van der Waals surface area contributed by atoms with Gasteiger partial charge in [0, 0.05) is 24.3 Å². The van der Waals surface area contributed by atoms with Gasteiger partial charge in [0.05, 0.1) is 0 Å². The van der Waals surface area contributed by atoms with Gasteiger partial charge in [-0.05, 0) is 25.8 Å². The van der Waals surface area contributed by atoms with Gasteiger partial charge in [0.2, 0.25) is 0 Å². The molecule has 1 aromatic heterocycles. The molecule has 94 valence electrons. The Hall–Kier alpha value is -1.16. The lowest BCUT2D eigenvalue weighted by Gasteiger charge is -2.23. The molecule has 1 aliphatic rings. The molecule has 0 radical (unpaired) electrons. The van der Waals surface area contributed by atoms with Gasteiger partial charge in [0.15, 0.2) is 0 Å². The molecule has 1 unspecified atom stereocenters. The number of anilines is 1. The van der Waals surface area contributed by atoms with Crippen molar-refractivity contribution in [2.75, 3.05) is 18.4 Å². The summed E-state index contributed by atoms with van der Waals surface area (Å²) in [4.78, 5) is 8.51. The fourth-order valence-electron chi connectivity index (χ4n) is 2.21. The molecule has 4 nitrogen and oxygen atoms in total. The van der Waals surface area contributed by atoms with Gasteiger partial charge in [-0.25, -0.2) is 9.97 Å². The van der Waals surface area contributed by atoms with E-state index in [1.54, 1.807) is 6.33 Å². The first-order valence-electron chi connectivity index (χ1n) is 6.66. The molecule has 2 heterocycles. The smallest absolute Gasteiger partial charge is 0.129 e. The molecule has 1 atom stereocenters. The SMILES string of the molecule is CCCc1cc(NCC2CCCCN2)ncn1. The van der Waals surface area contributed by atoms with Crippen molar-refractivity contribution in [1.29, 1.82) is 0 Å². The van der Waals surface area contributed by atoms with Gasteiger partial charge in [-0.1, -0.05) is 19.8 Å². The van der Waals surface area contributed by atoms with Crippen LogP contribution in [-0.4, -0.2) is 29.1 Å². The molecule has 0 spiro atoms. The number of rotatable bonds is 5. The third kappa shape index (κ3) is 3.97. The molecule has 17 heavy (non-hydrogen) atoms. The lowest BCUT2D eigenvalue weighted by Crippen LogP contribution is -2.39. The molecule has 2 N–H and O–H groups in total. The zero-order valence-electron chi connectivity index (χ0n) is 10.6. The number of aryl methyl sites for hydroxylation is 1. The molecule has 0 amide bonds. The number of hydrogen-bond donors (Lipinski definition) is 2. The molecule has 0 aromatic carbocycles. The third-order valence-electron chi connectivity index (χ3n) is 3.17. The van der Waals surface area contributed by atoms with Gasteiger partial charge in [-0.3, -0.25) is 0 Å². The summed E-state index contributed by atoms with van der Waals surface area (Å²) in [6, 6.07) is 2.65. The number of nitrogens with one attached hydrogen (secondary N) is 2. The van der Waals surface area contributed by atoms with Gasteiger partial charge in [0.25, 0.3) is 0 Å². The molecule has 0 bridgehead atoms. The maximum Gasteiger partial charge on any atom is 0.129 e. The second-order valence-electron chi connectivity index (χ2n) is 4.67. The fourth-order valence-corrected chi connectivity index (χ4v) is 2.21. The quantitative estimate of drug-likeness (QED) is 0.818. The van der Waals surface area contributed by atoms with E-state index in [1.807, 2.05) is 0 Å². The first-order valence-corrected chi connectivity index (χ1v) is 6.66. The number of aromatic nitrogens is 2. The maximum absolute atomic E-state index is 4.26. The van der Waals surface area contributed by atoms with E-state index < -0.39 is 0 Å². The van der Waals surface area contributed by atoms with E-state index >= 15 is 0 Å². The Balaban J connectivity index is 1.83. The molecule has 0 aliphatic carbocycles. The minimum absolute atomic E-state index is 0.591. The van der Waals surface area contributed by atoms with E-state index in [0.29, 0.717) is 6.04 Å². The van der Waals surface area contributed by atoms with E-state index in [1.165, 1.54) is 19.3 Å². The standard InChI is InChI=1S/C13H22N4/c1-2-5-11-8-13(17-10-16-11)15-9-12-6-3-4-7-14-12/h8,10,12,14H,2-7,9H2,1H3,(H,15,16,17). The first kappa shape index (κ1) is 12.3. The summed E-state index contributed by atoms with van der Waals surface area (Å²) < 4.78 is 0. The topological polar surface area (TPSA) is 49.8 Å². The van der Waals surface area contributed by atoms with E-state index in [0.717, 1.165) is 37.4 Å². The number of nitrogens with zero attached hydrogens (tertiary/aromatic N) is 2. The molecular formula is C13H22N4. The summed E-state index contributed by atoms with van der Waals surface area (Å²) in [6.07, 6.45) is 7.72. The molecule has 1 saturated heterocycles. The minimum Gasteiger partial charge on any atom is -0.368 e. The van der Waals surface area contributed by atoms with E-state index in [-0.39, 0.29) is 0 Å². The van der Waals surface area contributed by atoms with Gasteiger partial charge < -0.3 is 10.6 Å². The van der Waals surface area contributed by atoms with Crippen molar-refractivity contribution in [3.8, 4) is 0 Å². The molecular weight excluding hydrogens is 212 g/mol. The summed E-state index contributed by atoms with van der Waals surface area (Å²) in [5, 5.41) is 6.92. The van der Waals surface area contributed by atoms with Crippen molar-refractivity contribution >= 4 is 5.82 Å². The number of hydrogen-bond acceptors (Lipinski definition) is 4. The van der Waals surface area contributed by atoms with Gasteiger partial charge in [-0.2, -0.15) is 0 Å². The van der Waals surface area contributed by atoms with E-state index in [4.69, 9.17) is 0 Å². The Morgan fingerprint density at radius 2 is 2.35 bits per heavy atom. The second-order valence-corrected chi connectivity index (χ2v) is 4.67. The van der Waals surface area contributed by atoms with Crippen LogP contribution in [0.25, 0.3) is 0 Å². The summed E-state index contributed by atoms with van der Waals surface area (Å²) in [6.45, 7) is 4.28. The highest BCUT2D eigenvalue weighted by Crippen LogP contribution is 2.09. The first-order chi connectivity index (χ1) is 8.38. The average molecular weight is 234 g/mol. The molecule has 1 fully saturated rings. The molecule has 0 saturated carbocycles. The third-order valence-corrected chi connectivity index (χ3v) is 3.17. The van der Waals surface area contributed by atoms with Crippen molar-refractivity contribution in [3.05, 3.63) is 18.1 Å². The summed E-state index contributed by atoms with van der Waals surface area (Å²) in [7, 11) is 0. The maximum atomic E-state index is 4.26. The Morgan fingerprint density at radius 3 is 3.12 bits per heavy atom. The van der Waals surface area contributed by atoms with E-state index in [2.05, 4.69) is 33.6 Å². The Morgan fingerprint density at radius 1 is 1.41 bits per heavy atom.